The van der Waals surface area contributed by atoms with Crippen LogP contribution in [-0.4, -0.2) is 51.5 Å². The van der Waals surface area contributed by atoms with Gasteiger partial charge in [-0.25, -0.2) is 9.48 Å². The Bertz CT molecular complexity index is 668. The molecule has 0 aliphatic carbocycles. The second-order valence-corrected chi connectivity index (χ2v) is 6.22. The molecule has 0 spiro atoms. The highest BCUT2D eigenvalue weighted by Crippen LogP contribution is 2.28. The van der Waals surface area contributed by atoms with Gasteiger partial charge >= 0.3 is 11.9 Å². The van der Waals surface area contributed by atoms with Gasteiger partial charge in [-0.15, -0.1) is 5.10 Å². The number of carbonyl (C=O) groups is 1. The van der Waals surface area contributed by atoms with Gasteiger partial charge in [0.05, 0.1) is 18.6 Å². The average Bonchev–Trinajstić information content (AvgIpc) is 3.16. The van der Waals surface area contributed by atoms with E-state index in [2.05, 4.69) is 5.10 Å². The molecule has 1 amide bonds. The van der Waals surface area contributed by atoms with Crippen molar-refractivity contribution in [2.75, 3.05) is 26.3 Å². The predicted molar refractivity (Wildman–Crippen MR) is 76.2 cm³/mol. The highest BCUT2D eigenvalue weighted by Gasteiger charge is 2.39. The number of hydrogen-bond donors (Lipinski definition) is 0. The first kappa shape index (κ1) is 17.0. The van der Waals surface area contributed by atoms with Gasteiger partial charge in [-0.05, 0) is 19.3 Å². The number of ether oxygens (including phenoxy) is 1. The van der Waals surface area contributed by atoms with Crippen molar-refractivity contribution in [1.82, 2.24) is 19.2 Å². The van der Waals surface area contributed by atoms with E-state index >= 15 is 0 Å². The third-order valence-electron chi connectivity index (χ3n) is 4.66. The van der Waals surface area contributed by atoms with E-state index in [0.29, 0.717) is 50.1 Å². The highest BCUT2D eigenvalue weighted by molar-refractivity contribution is 5.79. The molecule has 1 unspecified atom stereocenters. The predicted octanol–water partition coefficient (Wildman–Crippen LogP) is 0.801. The molecular formula is C14H19F3N4O3. The summed E-state index contributed by atoms with van der Waals surface area (Å²) >= 11 is 0. The molecule has 2 aliphatic rings. The van der Waals surface area contributed by atoms with Crippen molar-refractivity contribution in [2.24, 2.45) is 13.0 Å². The Morgan fingerprint density at radius 2 is 1.92 bits per heavy atom. The molecule has 134 valence electrons. The van der Waals surface area contributed by atoms with Crippen molar-refractivity contribution in [2.45, 2.75) is 31.5 Å². The number of likely N-dealkylation sites (tertiary alicyclic amines) is 1. The van der Waals surface area contributed by atoms with Crippen LogP contribution in [0.15, 0.2) is 4.79 Å². The number of halogens is 3. The van der Waals surface area contributed by atoms with Crippen LogP contribution < -0.4 is 5.69 Å². The maximum absolute atomic E-state index is 12.8. The number of nitrogens with zero attached hydrogens (tertiary/aromatic N) is 4. The van der Waals surface area contributed by atoms with Crippen molar-refractivity contribution < 1.29 is 22.7 Å². The molecule has 0 saturated carbocycles. The van der Waals surface area contributed by atoms with E-state index in [1.54, 1.807) is 4.90 Å². The first-order valence-corrected chi connectivity index (χ1v) is 7.88. The first-order chi connectivity index (χ1) is 11.3. The van der Waals surface area contributed by atoms with Crippen LogP contribution in [0.3, 0.4) is 0 Å². The van der Waals surface area contributed by atoms with E-state index in [4.69, 9.17) is 4.74 Å². The van der Waals surface area contributed by atoms with Crippen molar-refractivity contribution in [1.29, 1.82) is 0 Å². The van der Waals surface area contributed by atoms with E-state index in [9.17, 15) is 22.8 Å². The fourth-order valence-electron chi connectivity index (χ4n) is 3.26. The Hall–Kier alpha value is -1.84. The highest BCUT2D eigenvalue weighted by atomic mass is 19.4. The molecule has 1 aromatic rings. The second-order valence-electron chi connectivity index (χ2n) is 6.22. The number of aromatic nitrogens is 3. The number of piperidine rings is 1. The van der Waals surface area contributed by atoms with Crippen LogP contribution in [0, 0.1) is 5.92 Å². The van der Waals surface area contributed by atoms with Crippen LogP contribution in [0.25, 0.3) is 0 Å². The monoisotopic (exact) mass is 348 g/mol. The number of alkyl halides is 3. The number of hydrogen-bond acceptors (Lipinski definition) is 4. The van der Waals surface area contributed by atoms with Crippen molar-refractivity contribution in [3.63, 3.8) is 0 Å². The van der Waals surface area contributed by atoms with Gasteiger partial charge in [-0.2, -0.15) is 13.2 Å². The van der Waals surface area contributed by atoms with Gasteiger partial charge < -0.3 is 9.64 Å². The largest absolute Gasteiger partial charge is 0.451 e. The van der Waals surface area contributed by atoms with E-state index in [1.165, 1.54) is 0 Å². The molecule has 2 saturated heterocycles. The van der Waals surface area contributed by atoms with Gasteiger partial charge in [0.2, 0.25) is 11.7 Å². The number of rotatable bonds is 2. The Labute approximate surface area is 136 Å². The van der Waals surface area contributed by atoms with Crippen LogP contribution in [0.1, 0.15) is 31.1 Å². The molecule has 2 aliphatic heterocycles. The van der Waals surface area contributed by atoms with Crippen LogP contribution >= 0.6 is 0 Å². The fraction of sp³-hybridized carbons (Fsp3) is 0.786. The Balaban J connectivity index is 1.69. The standard InChI is InChI=1S/C14H19F3N4O3/c1-19-12(14(15,16)17)18-21(13(19)23)10-2-5-20(6-3-10)11(22)9-4-7-24-8-9/h9-10H,2-8H2,1H3. The lowest BCUT2D eigenvalue weighted by molar-refractivity contribution is -0.147. The molecule has 0 N–H and O–H groups in total. The summed E-state index contributed by atoms with van der Waals surface area (Å²) in [5.41, 5.74) is -0.781. The van der Waals surface area contributed by atoms with Gasteiger partial charge in [-0.1, -0.05) is 0 Å². The lowest BCUT2D eigenvalue weighted by Gasteiger charge is -2.33. The molecule has 1 aromatic heterocycles. The third-order valence-corrected chi connectivity index (χ3v) is 4.66. The lowest BCUT2D eigenvalue weighted by Crippen LogP contribution is -2.43. The maximum Gasteiger partial charge on any atom is 0.451 e. The quantitative estimate of drug-likeness (QED) is 0.793. The zero-order valence-electron chi connectivity index (χ0n) is 13.3. The number of carbonyl (C=O) groups excluding carboxylic acids is 1. The molecule has 24 heavy (non-hydrogen) atoms. The van der Waals surface area contributed by atoms with E-state index in [0.717, 1.165) is 11.7 Å². The topological polar surface area (TPSA) is 69.4 Å². The molecule has 3 heterocycles. The molecule has 10 heteroatoms. The Morgan fingerprint density at radius 1 is 1.25 bits per heavy atom. The van der Waals surface area contributed by atoms with Gasteiger partial charge in [0.15, 0.2) is 0 Å². The third kappa shape index (κ3) is 3.06. The molecule has 1 atom stereocenters. The SMILES string of the molecule is Cn1c(C(F)(F)F)nn(C2CCN(C(=O)C3CCOC3)CC2)c1=O. The van der Waals surface area contributed by atoms with E-state index in [-0.39, 0.29) is 11.8 Å². The zero-order chi connectivity index (χ0) is 17.5. The molecule has 0 bridgehead atoms. The molecular weight excluding hydrogens is 329 g/mol. The maximum atomic E-state index is 12.8. The molecule has 0 aromatic carbocycles. The van der Waals surface area contributed by atoms with Crippen LogP contribution in [0.5, 0.6) is 0 Å². The minimum Gasteiger partial charge on any atom is -0.381 e. The van der Waals surface area contributed by atoms with Crippen molar-refractivity contribution in [3.05, 3.63) is 16.3 Å². The second kappa shape index (κ2) is 6.23. The van der Waals surface area contributed by atoms with Gasteiger partial charge in [-0.3, -0.25) is 9.36 Å². The van der Waals surface area contributed by atoms with Gasteiger partial charge in [0.25, 0.3) is 0 Å². The molecule has 7 nitrogen and oxygen atoms in total. The van der Waals surface area contributed by atoms with Crippen molar-refractivity contribution in [3.8, 4) is 0 Å². The Morgan fingerprint density at radius 3 is 2.42 bits per heavy atom. The average molecular weight is 348 g/mol. The van der Waals surface area contributed by atoms with Crippen LogP contribution in [0.2, 0.25) is 0 Å². The van der Waals surface area contributed by atoms with Crippen LogP contribution in [-0.2, 0) is 22.8 Å². The molecule has 3 rings (SSSR count). The summed E-state index contributed by atoms with van der Waals surface area (Å²) in [4.78, 5) is 26.0. The summed E-state index contributed by atoms with van der Waals surface area (Å²) in [6, 6.07) is -0.427. The van der Waals surface area contributed by atoms with E-state index in [1.807, 2.05) is 0 Å². The van der Waals surface area contributed by atoms with Crippen LogP contribution in [0.4, 0.5) is 13.2 Å². The summed E-state index contributed by atoms with van der Waals surface area (Å²) in [6.07, 6.45) is -3.15. The molecule has 2 fully saturated rings. The minimum atomic E-state index is -4.67. The van der Waals surface area contributed by atoms with Gasteiger partial charge in [0.1, 0.15) is 0 Å². The van der Waals surface area contributed by atoms with E-state index < -0.39 is 23.7 Å². The number of amides is 1. The fourth-order valence-corrected chi connectivity index (χ4v) is 3.26. The normalized spacial score (nSPS) is 23.0. The zero-order valence-corrected chi connectivity index (χ0v) is 13.3. The minimum absolute atomic E-state index is 0.0234. The summed E-state index contributed by atoms with van der Waals surface area (Å²) in [7, 11) is 1.06. The summed E-state index contributed by atoms with van der Waals surface area (Å²) in [5.74, 6) is -1.31. The smallest absolute Gasteiger partial charge is 0.381 e. The summed E-state index contributed by atoms with van der Waals surface area (Å²) < 4.78 is 45.2. The summed E-state index contributed by atoms with van der Waals surface area (Å²) in [6.45, 7) is 1.82. The Kier molecular flexibility index (Phi) is 4.41. The van der Waals surface area contributed by atoms with Gasteiger partial charge in [0, 0.05) is 26.7 Å². The first-order valence-electron chi connectivity index (χ1n) is 7.88. The summed E-state index contributed by atoms with van der Waals surface area (Å²) in [5, 5.41) is 3.47. The molecule has 0 radical (unpaired) electrons. The van der Waals surface area contributed by atoms with Crippen molar-refractivity contribution >= 4 is 5.91 Å². The lowest BCUT2D eigenvalue weighted by atomic mass is 10.0.